The fraction of sp³-hybridized carbons (Fsp3) is 0.517. The molecule has 3 heterocycles. The lowest BCUT2D eigenvalue weighted by atomic mass is 9.96. The van der Waals surface area contributed by atoms with E-state index in [9.17, 15) is 4.39 Å². The summed E-state index contributed by atoms with van der Waals surface area (Å²) in [5, 5.41) is 1.03. The van der Waals surface area contributed by atoms with E-state index in [0.717, 1.165) is 29.3 Å². The summed E-state index contributed by atoms with van der Waals surface area (Å²) in [5.41, 5.74) is 0.963. The largest absolute Gasteiger partial charge is 0.492 e. The van der Waals surface area contributed by atoms with Crippen LogP contribution in [-0.2, 0) is 6.42 Å². The van der Waals surface area contributed by atoms with Gasteiger partial charge in [-0.15, -0.1) is 0 Å². The van der Waals surface area contributed by atoms with Crippen LogP contribution in [0.3, 0.4) is 0 Å². The van der Waals surface area contributed by atoms with Crippen LogP contribution in [0, 0.1) is 17.6 Å². The van der Waals surface area contributed by atoms with Crippen LogP contribution in [0.4, 0.5) is 17.6 Å². The Morgan fingerprint density at radius 2 is 1.81 bits per heavy atom. The second-order valence-electron chi connectivity index (χ2n) is 11.2. The average Bonchev–Trinajstić information content (AvgIpc) is 3.11. The number of para-hydroxylation sites is 1. The van der Waals surface area contributed by atoms with Gasteiger partial charge in [0.25, 0.3) is 0 Å². The minimum Gasteiger partial charge on any atom is -0.492 e. The Morgan fingerprint density at radius 3 is 2.49 bits per heavy atom. The standard InChI is InChI=1S/C29H35F4N3O/c1-18-8-9-22-21-6-4-5-7-25(21)34-27(22)28(36(18)17-29(2,3)33)26-23(31)12-20(13-24(26)32)37-11-10-35-15-19(14-30)16-35/h4-7,12-13,18-19,28,34H,8-11,14-17H2,1-3H3/t18-,28-/m1/s1. The van der Waals surface area contributed by atoms with Crippen LogP contribution >= 0.6 is 0 Å². The summed E-state index contributed by atoms with van der Waals surface area (Å²) in [7, 11) is 0. The van der Waals surface area contributed by atoms with E-state index in [4.69, 9.17) is 4.74 Å². The fourth-order valence-electron chi connectivity index (χ4n) is 5.81. The molecule has 0 amide bonds. The first-order chi connectivity index (χ1) is 17.6. The lowest BCUT2D eigenvalue weighted by Gasteiger charge is -2.38. The van der Waals surface area contributed by atoms with Crippen LogP contribution in [0.1, 0.15) is 50.1 Å². The van der Waals surface area contributed by atoms with Crippen LogP contribution < -0.4 is 4.74 Å². The highest BCUT2D eigenvalue weighted by Crippen LogP contribution is 2.42. The molecule has 3 aromatic rings. The van der Waals surface area contributed by atoms with Gasteiger partial charge >= 0.3 is 0 Å². The van der Waals surface area contributed by atoms with Gasteiger partial charge in [-0.2, -0.15) is 0 Å². The molecule has 2 aliphatic heterocycles. The van der Waals surface area contributed by atoms with Gasteiger partial charge in [-0.05, 0) is 45.2 Å². The zero-order valence-electron chi connectivity index (χ0n) is 21.7. The van der Waals surface area contributed by atoms with Gasteiger partial charge in [-0.1, -0.05) is 18.2 Å². The number of hydrogen-bond donors (Lipinski definition) is 1. The Kier molecular flexibility index (Phi) is 7.24. The highest BCUT2D eigenvalue weighted by molar-refractivity contribution is 5.85. The molecule has 0 bridgehead atoms. The summed E-state index contributed by atoms with van der Waals surface area (Å²) < 4.78 is 64.8. The number of H-pyrrole nitrogens is 1. The van der Waals surface area contributed by atoms with Gasteiger partial charge in [0, 0.05) is 72.4 Å². The number of benzene rings is 2. The zero-order valence-corrected chi connectivity index (χ0v) is 21.7. The van der Waals surface area contributed by atoms with Gasteiger partial charge in [0.15, 0.2) is 0 Å². The Bertz CT molecular complexity index is 1220. The molecule has 0 unspecified atom stereocenters. The van der Waals surface area contributed by atoms with Crippen molar-refractivity contribution in [2.45, 2.75) is 51.4 Å². The Hall–Kier alpha value is -2.58. The number of nitrogens with one attached hydrogen (secondary N) is 1. The first kappa shape index (κ1) is 26.0. The van der Waals surface area contributed by atoms with Crippen molar-refractivity contribution in [3.63, 3.8) is 0 Å². The third-order valence-corrected chi connectivity index (χ3v) is 7.64. The summed E-state index contributed by atoms with van der Waals surface area (Å²) in [6.45, 7) is 6.85. The number of likely N-dealkylation sites (tertiary alicyclic amines) is 1. The van der Waals surface area contributed by atoms with Crippen molar-refractivity contribution in [2.24, 2.45) is 5.92 Å². The lowest BCUT2D eigenvalue weighted by molar-refractivity contribution is 0.0665. The van der Waals surface area contributed by atoms with E-state index >= 15 is 13.2 Å². The Labute approximate surface area is 215 Å². The van der Waals surface area contributed by atoms with Crippen molar-refractivity contribution >= 4 is 10.9 Å². The van der Waals surface area contributed by atoms with Gasteiger partial charge in [0.2, 0.25) is 0 Å². The molecule has 37 heavy (non-hydrogen) atoms. The van der Waals surface area contributed by atoms with E-state index < -0.39 is 23.3 Å². The highest BCUT2D eigenvalue weighted by Gasteiger charge is 2.39. The molecule has 4 nitrogen and oxygen atoms in total. The van der Waals surface area contributed by atoms with Crippen LogP contribution in [-0.4, -0.2) is 66.0 Å². The Morgan fingerprint density at radius 1 is 1.11 bits per heavy atom. The number of aryl methyl sites for hydroxylation is 1. The fourth-order valence-corrected chi connectivity index (χ4v) is 5.81. The molecule has 0 saturated carbocycles. The van der Waals surface area contributed by atoms with Gasteiger partial charge in [-0.25, -0.2) is 13.2 Å². The molecule has 0 radical (unpaired) electrons. The molecule has 200 valence electrons. The molecule has 0 spiro atoms. The SMILES string of the molecule is C[C@@H]1CCc2c([nH]c3ccccc23)[C@@H](c2c(F)cc(OCCN3CC(CF)C3)cc2F)N1CC(C)(C)F. The zero-order chi connectivity index (χ0) is 26.3. The van der Waals surface area contributed by atoms with Gasteiger partial charge in [0.05, 0.1) is 12.7 Å². The van der Waals surface area contributed by atoms with Gasteiger partial charge in [-0.3, -0.25) is 14.2 Å². The van der Waals surface area contributed by atoms with Gasteiger partial charge in [0.1, 0.15) is 29.7 Å². The van der Waals surface area contributed by atoms with Crippen molar-refractivity contribution in [1.82, 2.24) is 14.8 Å². The quantitative estimate of drug-likeness (QED) is 0.361. The van der Waals surface area contributed by atoms with Crippen molar-refractivity contribution in [2.75, 3.05) is 39.5 Å². The van der Waals surface area contributed by atoms with Crippen molar-refractivity contribution < 1.29 is 22.3 Å². The third kappa shape index (κ3) is 5.36. The number of alkyl halides is 2. The molecule has 1 saturated heterocycles. The molecule has 1 aromatic heterocycles. The molecule has 1 fully saturated rings. The number of ether oxygens (including phenoxy) is 1. The van der Waals surface area contributed by atoms with E-state index in [1.165, 1.54) is 26.0 Å². The average molecular weight is 518 g/mol. The normalized spacial score (nSPS) is 21.6. The van der Waals surface area contributed by atoms with Crippen molar-refractivity contribution in [3.8, 4) is 5.75 Å². The highest BCUT2D eigenvalue weighted by atomic mass is 19.1. The van der Waals surface area contributed by atoms with Crippen LogP contribution in [0.2, 0.25) is 0 Å². The van der Waals surface area contributed by atoms with E-state index in [0.29, 0.717) is 25.3 Å². The molecule has 0 aliphatic carbocycles. The number of rotatable bonds is 8. The van der Waals surface area contributed by atoms with E-state index in [2.05, 4.69) is 4.98 Å². The lowest BCUT2D eigenvalue weighted by Crippen LogP contribution is -2.49. The Balaban J connectivity index is 1.49. The van der Waals surface area contributed by atoms with E-state index in [-0.39, 0.29) is 43.1 Å². The summed E-state index contributed by atoms with van der Waals surface area (Å²) in [5.74, 6) is -1.26. The van der Waals surface area contributed by atoms with Gasteiger partial charge < -0.3 is 9.72 Å². The molecular formula is C29H35F4N3O. The van der Waals surface area contributed by atoms with Crippen molar-refractivity contribution in [1.29, 1.82) is 0 Å². The topological polar surface area (TPSA) is 31.5 Å². The van der Waals surface area contributed by atoms with Crippen LogP contribution in [0.5, 0.6) is 5.75 Å². The molecule has 1 N–H and O–H groups in total. The number of aromatic amines is 1. The second kappa shape index (κ2) is 10.3. The maximum Gasteiger partial charge on any atom is 0.135 e. The van der Waals surface area contributed by atoms with Crippen LogP contribution in [0.15, 0.2) is 36.4 Å². The second-order valence-corrected chi connectivity index (χ2v) is 11.2. The molecule has 2 aliphatic rings. The predicted octanol–water partition coefficient (Wildman–Crippen LogP) is 6.20. The molecule has 8 heteroatoms. The van der Waals surface area contributed by atoms with Crippen molar-refractivity contribution in [3.05, 3.63) is 64.9 Å². The minimum absolute atomic E-state index is 0.0283. The molecule has 5 rings (SSSR count). The maximum absolute atomic E-state index is 15.8. The van der Waals surface area contributed by atoms with Crippen LogP contribution in [0.25, 0.3) is 10.9 Å². The van der Waals surface area contributed by atoms with E-state index in [1.807, 2.05) is 41.0 Å². The summed E-state index contributed by atoms with van der Waals surface area (Å²) in [6, 6.07) is 9.35. The number of halogens is 4. The molecular weight excluding hydrogens is 482 g/mol. The number of hydrogen-bond acceptors (Lipinski definition) is 3. The summed E-state index contributed by atoms with van der Waals surface area (Å²) in [6.07, 6.45) is 1.47. The maximum atomic E-state index is 15.8. The molecule has 2 atom stereocenters. The number of aromatic nitrogens is 1. The molecule has 2 aromatic carbocycles. The first-order valence-corrected chi connectivity index (χ1v) is 13.1. The predicted molar refractivity (Wildman–Crippen MR) is 138 cm³/mol. The first-order valence-electron chi connectivity index (χ1n) is 13.1. The monoisotopic (exact) mass is 517 g/mol. The smallest absolute Gasteiger partial charge is 0.135 e. The number of nitrogens with zero attached hydrogens (tertiary/aromatic N) is 2. The summed E-state index contributed by atoms with van der Waals surface area (Å²) >= 11 is 0. The number of fused-ring (bicyclic) bond motifs is 3. The third-order valence-electron chi connectivity index (χ3n) is 7.64. The summed E-state index contributed by atoms with van der Waals surface area (Å²) in [4.78, 5) is 7.35. The van der Waals surface area contributed by atoms with E-state index in [1.54, 1.807) is 0 Å². The minimum atomic E-state index is -1.56.